The Kier molecular flexibility index (Phi) is 11.5. The van der Waals surface area contributed by atoms with E-state index in [0.717, 1.165) is 27.7 Å². The molecule has 1 aliphatic heterocycles. The van der Waals surface area contributed by atoms with Gasteiger partial charge in [-0.1, -0.05) is 11.6 Å². The molecule has 0 radical (unpaired) electrons. The second-order valence-corrected chi connectivity index (χ2v) is 10.1. The van der Waals surface area contributed by atoms with E-state index in [1.807, 2.05) is 0 Å². The fourth-order valence-electron chi connectivity index (χ4n) is 4.65. The minimum atomic E-state index is -1.55. The molecule has 1 aromatic heterocycles. The molecule has 1 saturated heterocycles. The van der Waals surface area contributed by atoms with E-state index in [-0.39, 0.29) is 30.1 Å². The number of ether oxygens (including phenoxy) is 7. The van der Waals surface area contributed by atoms with Crippen molar-refractivity contribution in [1.29, 1.82) is 0 Å². The topological polar surface area (TPSA) is 183 Å². The van der Waals surface area contributed by atoms with Crippen LogP contribution in [0.25, 0.3) is 11.0 Å². The first-order valence-electron chi connectivity index (χ1n) is 13.7. The van der Waals surface area contributed by atoms with Crippen LogP contribution in [0.3, 0.4) is 0 Å². The van der Waals surface area contributed by atoms with Gasteiger partial charge in [0.1, 0.15) is 12.7 Å². The van der Waals surface area contributed by atoms with Crippen LogP contribution in [0.4, 0.5) is 0 Å². The summed E-state index contributed by atoms with van der Waals surface area (Å²) >= 11 is 0. The fourth-order valence-corrected chi connectivity index (χ4v) is 4.65. The highest BCUT2D eigenvalue weighted by Crippen LogP contribution is 2.38. The fraction of sp³-hybridized carbons (Fsp3) is 0.500. The SMILES string of the molecule is C=C(C)CC(O)c1ccc(O[C@@H]2O[C@H](COC(C)=O)[C@H](OC(C)=O)[C@H](OC(C)=O)[C@H]2OC(C)=O)c2oc(C(=O)OCC)cc12. The zero-order valence-electron chi connectivity index (χ0n) is 25.3. The van der Waals surface area contributed by atoms with Gasteiger partial charge < -0.3 is 42.7 Å². The molecule has 0 bridgehead atoms. The Bertz CT molecular complexity index is 1410. The summed E-state index contributed by atoms with van der Waals surface area (Å²) in [6, 6.07) is 4.37. The van der Waals surface area contributed by atoms with E-state index in [2.05, 4.69) is 6.58 Å². The van der Waals surface area contributed by atoms with Crippen LogP contribution in [0.15, 0.2) is 34.8 Å². The molecule has 0 saturated carbocycles. The Morgan fingerprint density at radius 3 is 2.07 bits per heavy atom. The highest BCUT2D eigenvalue weighted by atomic mass is 16.7. The van der Waals surface area contributed by atoms with Gasteiger partial charge in [0.05, 0.1) is 12.7 Å². The van der Waals surface area contributed by atoms with Gasteiger partial charge in [-0.3, -0.25) is 19.2 Å². The summed E-state index contributed by atoms with van der Waals surface area (Å²) < 4.78 is 44.4. The maximum Gasteiger partial charge on any atom is 0.374 e. The summed E-state index contributed by atoms with van der Waals surface area (Å²) in [5.41, 5.74) is 1.12. The highest BCUT2D eigenvalue weighted by molar-refractivity contribution is 5.96. The molecule has 0 amide bonds. The van der Waals surface area contributed by atoms with E-state index in [1.54, 1.807) is 19.9 Å². The van der Waals surface area contributed by atoms with Gasteiger partial charge >= 0.3 is 29.8 Å². The third-order valence-corrected chi connectivity index (χ3v) is 6.25. The normalized spacial score (nSPS) is 21.9. The number of hydrogen-bond donors (Lipinski definition) is 1. The minimum Gasteiger partial charge on any atom is -0.463 e. The number of aliphatic hydroxyl groups is 1. The number of carbonyl (C=O) groups is 5. The van der Waals surface area contributed by atoms with Crippen LogP contribution < -0.4 is 4.74 Å². The monoisotopic (exact) mass is 620 g/mol. The molecule has 1 fully saturated rings. The van der Waals surface area contributed by atoms with Crippen LogP contribution in [0.2, 0.25) is 0 Å². The third kappa shape index (κ3) is 8.57. The lowest BCUT2D eigenvalue weighted by atomic mass is 9.97. The lowest BCUT2D eigenvalue weighted by Gasteiger charge is -2.43. The van der Waals surface area contributed by atoms with E-state index in [9.17, 15) is 29.1 Å². The van der Waals surface area contributed by atoms with Crippen LogP contribution in [0.5, 0.6) is 5.75 Å². The van der Waals surface area contributed by atoms with Crippen molar-refractivity contribution in [2.24, 2.45) is 0 Å². The maximum absolute atomic E-state index is 12.5. The first kappa shape index (κ1) is 34.1. The van der Waals surface area contributed by atoms with E-state index in [1.165, 1.54) is 12.1 Å². The number of aliphatic hydroxyl groups excluding tert-OH is 1. The Labute approximate surface area is 253 Å². The van der Waals surface area contributed by atoms with Gasteiger partial charge in [0.25, 0.3) is 0 Å². The van der Waals surface area contributed by atoms with Crippen LogP contribution in [0, 0.1) is 0 Å². The Balaban J connectivity index is 2.14. The Morgan fingerprint density at radius 1 is 0.886 bits per heavy atom. The van der Waals surface area contributed by atoms with Gasteiger partial charge in [-0.05, 0) is 38.0 Å². The van der Waals surface area contributed by atoms with Crippen molar-refractivity contribution in [3.63, 3.8) is 0 Å². The Hall–Kier alpha value is -4.43. The molecule has 240 valence electrons. The molecule has 14 nitrogen and oxygen atoms in total. The maximum atomic E-state index is 12.5. The van der Waals surface area contributed by atoms with E-state index in [4.69, 9.17) is 37.6 Å². The number of furan rings is 1. The third-order valence-electron chi connectivity index (χ3n) is 6.25. The van der Waals surface area contributed by atoms with E-state index in [0.29, 0.717) is 16.5 Å². The molecule has 1 aromatic carbocycles. The first-order valence-corrected chi connectivity index (χ1v) is 13.7. The minimum absolute atomic E-state index is 0.0131. The van der Waals surface area contributed by atoms with Crippen molar-refractivity contribution in [2.45, 2.75) is 84.8 Å². The van der Waals surface area contributed by atoms with Crippen molar-refractivity contribution < 1.29 is 66.7 Å². The van der Waals surface area contributed by atoms with Gasteiger partial charge in [-0.15, -0.1) is 6.58 Å². The van der Waals surface area contributed by atoms with Crippen molar-refractivity contribution in [2.75, 3.05) is 13.2 Å². The van der Waals surface area contributed by atoms with Crippen LogP contribution in [-0.4, -0.2) is 78.9 Å². The van der Waals surface area contributed by atoms with Crippen LogP contribution in [0.1, 0.15) is 70.2 Å². The predicted molar refractivity (Wildman–Crippen MR) is 149 cm³/mol. The molecule has 2 heterocycles. The Morgan fingerprint density at radius 2 is 1.50 bits per heavy atom. The van der Waals surface area contributed by atoms with E-state index >= 15 is 0 Å². The molecule has 14 heteroatoms. The molecule has 6 atom stereocenters. The summed E-state index contributed by atoms with van der Waals surface area (Å²) in [4.78, 5) is 60.4. The number of hydrogen-bond acceptors (Lipinski definition) is 14. The summed E-state index contributed by atoms with van der Waals surface area (Å²) in [6.07, 6.45) is -7.93. The quantitative estimate of drug-likeness (QED) is 0.207. The smallest absolute Gasteiger partial charge is 0.374 e. The molecular weight excluding hydrogens is 584 g/mol. The van der Waals surface area contributed by atoms with Gasteiger partial charge in [0, 0.05) is 33.1 Å². The predicted octanol–water partition coefficient (Wildman–Crippen LogP) is 3.07. The molecule has 1 N–H and O–H groups in total. The van der Waals surface area contributed by atoms with Gasteiger partial charge in [0.2, 0.25) is 18.2 Å². The molecule has 0 spiro atoms. The summed E-state index contributed by atoms with van der Waals surface area (Å²) in [7, 11) is 0. The number of rotatable bonds is 12. The number of benzene rings is 1. The molecule has 2 aromatic rings. The first-order chi connectivity index (χ1) is 20.7. The molecule has 3 rings (SSSR count). The number of esters is 5. The van der Waals surface area contributed by atoms with E-state index < -0.39 is 73.3 Å². The lowest BCUT2D eigenvalue weighted by Crippen LogP contribution is -2.63. The van der Waals surface area contributed by atoms with Crippen molar-refractivity contribution >= 4 is 40.8 Å². The highest BCUT2D eigenvalue weighted by Gasteiger charge is 2.53. The zero-order chi connectivity index (χ0) is 32.7. The number of carbonyl (C=O) groups excluding carboxylic acids is 5. The zero-order valence-corrected chi connectivity index (χ0v) is 25.3. The molecule has 1 unspecified atom stereocenters. The number of fused-ring (bicyclic) bond motifs is 1. The molecule has 44 heavy (non-hydrogen) atoms. The second-order valence-electron chi connectivity index (χ2n) is 10.1. The van der Waals surface area contributed by atoms with Gasteiger partial charge in [-0.2, -0.15) is 0 Å². The van der Waals surface area contributed by atoms with Crippen molar-refractivity contribution in [3.8, 4) is 5.75 Å². The summed E-state index contributed by atoms with van der Waals surface area (Å²) in [5.74, 6) is -4.04. The molecular formula is C30H36O14. The second kappa shape index (κ2) is 14.8. The van der Waals surface area contributed by atoms with Gasteiger partial charge in [-0.25, -0.2) is 4.79 Å². The average molecular weight is 621 g/mol. The van der Waals surface area contributed by atoms with Crippen LogP contribution >= 0.6 is 0 Å². The van der Waals surface area contributed by atoms with Crippen molar-refractivity contribution in [3.05, 3.63) is 41.7 Å². The average Bonchev–Trinajstić information content (AvgIpc) is 3.36. The lowest BCUT2D eigenvalue weighted by molar-refractivity contribution is -0.288. The summed E-state index contributed by atoms with van der Waals surface area (Å²) in [5, 5.41) is 11.2. The molecule has 1 aliphatic rings. The van der Waals surface area contributed by atoms with Gasteiger partial charge in [0.15, 0.2) is 23.5 Å². The molecule has 0 aliphatic carbocycles. The largest absolute Gasteiger partial charge is 0.463 e. The van der Waals surface area contributed by atoms with Crippen LogP contribution in [-0.2, 0) is 47.6 Å². The standard InChI is InChI=1S/C30H36O14/c1-8-37-29(36)23-12-20-19(21(35)11-14(2)3)9-10-22(25(20)42-23)43-30-28(41-18(7)34)27(40-17(6)33)26(39-16(5)32)24(44-30)13-38-15(4)31/h9-10,12,21,24,26-28,30,35H,2,8,11,13H2,1,3-7H3/t21?,24-,26+,27+,28-,30-/m1/s1. The van der Waals surface area contributed by atoms with Crippen molar-refractivity contribution in [1.82, 2.24) is 0 Å². The summed E-state index contributed by atoms with van der Waals surface area (Å²) in [6.45, 7) is 11.3.